The lowest BCUT2D eigenvalue weighted by atomic mass is 9.92. The highest BCUT2D eigenvalue weighted by Gasteiger charge is 2.25. The molecule has 0 aliphatic heterocycles. The minimum absolute atomic E-state index is 0.133. The summed E-state index contributed by atoms with van der Waals surface area (Å²) in [4.78, 5) is 4.55. The first-order valence-corrected chi connectivity index (χ1v) is 7.14. The summed E-state index contributed by atoms with van der Waals surface area (Å²) in [5, 5.41) is 18.7. The maximum absolute atomic E-state index is 10.0. The Bertz CT molecular complexity index is 829. The minimum atomic E-state index is -0.205. The van der Waals surface area contributed by atoms with Crippen molar-refractivity contribution in [1.29, 1.82) is 0 Å². The Kier molecular flexibility index (Phi) is 3.41. The van der Waals surface area contributed by atoms with Gasteiger partial charge in [-0.15, -0.1) is 10.2 Å². The fourth-order valence-corrected chi connectivity index (χ4v) is 2.24. The molecular formula is C17H18N4O. The first kappa shape index (κ1) is 14.3. The van der Waals surface area contributed by atoms with E-state index in [0.29, 0.717) is 11.5 Å². The number of nitrogens with zero attached hydrogens (tertiary/aromatic N) is 4. The van der Waals surface area contributed by atoms with Crippen LogP contribution in [-0.2, 0) is 5.41 Å². The number of fused-ring (bicyclic) bond motifs is 1. The van der Waals surface area contributed by atoms with Crippen molar-refractivity contribution in [2.75, 3.05) is 0 Å². The molecule has 0 aliphatic carbocycles. The van der Waals surface area contributed by atoms with Crippen molar-refractivity contribution in [3.8, 4) is 5.75 Å². The summed E-state index contributed by atoms with van der Waals surface area (Å²) in [6, 6.07) is 12.9. The van der Waals surface area contributed by atoms with E-state index in [1.165, 1.54) is 0 Å². The summed E-state index contributed by atoms with van der Waals surface area (Å²) in [6.07, 6.45) is 1.83. The van der Waals surface area contributed by atoms with Crippen LogP contribution in [0.5, 0.6) is 5.75 Å². The van der Waals surface area contributed by atoms with Crippen molar-refractivity contribution < 1.29 is 5.11 Å². The van der Waals surface area contributed by atoms with E-state index in [1.807, 2.05) is 36.5 Å². The Hall–Kier alpha value is -2.69. The van der Waals surface area contributed by atoms with E-state index in [9.17, 15) is 5.11 Å². The van der Waals surface area contributed by atoms with Gasteiger partial charge in [-0.3, -0.25) is 4.40 Å². The summed E-state index contributed by atoms with van der Waals surface area (Å²) >= 11 is 0. The SMILES string of the molecule is CC(C)(C)c1nc2c(O)cccn2c1N=Nc1ccccc1. The third kappa shape index (κ3) is 2.57. The van der Waals surface area contributed by atoms with Crippen molar-refractivity contribution >= 4 is 17.2 Å². The van der Waals surface area contributed by atoms with E-state index in [0.717, 1.165) is 11.4 Å². The van der Waals surface area contributed by atoms with Gasteiger partial charge in [-0.25, -0.2) is 4.98 Å². The van der Waals surface area contributed by atoms with Crippen LogP contribution in [0.3, 0.4) is 0 Å². The van der Waals surface area contributed by atoms with Crippen LogP contribution < -0.4 is 0 Å². The van der Waals surface area contributed by atoms with Crippen LogP contribution in [0.25, 0.3) is 5.65 Å². The molecule has 22 heavy (non-hydrogen) atoms. The predicted octanol–water partition coefficient (Wildman–Crippen LogP) is 4.75. The van der Waals surface area contributed by atoms with Crippen molar-refractivity contribution in [3.63, 3.8) is 0 Å². The molecule has 0 amide bonds. The lowest BCUT2D eigenvalue weighted by Crippen LogP contribution is -2.11. The molecule has 0 radical (unpaired) electrons. The molecule has 0 atom stereocenters. The standard InChI is InChI=1S/C17H18N4O/c1-17(2,3)14-16(20-19-12-8-5-4-6-9-12)21-11-7-10-13(22)15(21)18-14/h4-11,22H,1-3H3. The van der Waals surface area contributed by atoms with E-state index < -0.39 is 0 Å². The molecule has 1 N–H and O–H groups in total. The maximum atomic E-state index is 10.0. The van der Waals surface area contributed by atoms with E-state index in [2.05, 4.69) is 36.0 Å². The fraction of sp³-hybridized carbons (Fsp3) is 0.235. The number of aromatic nitrogens is 2. The van der Waals surface area contributed by atoms with Gasteiger partial charge < -0.3 is 5.11 Å². The predicted molar refractivity (Wildman–Crippen MR) is 86.2 cm³/mol. The third-order valence-corrected chi connectivity index (χ3v) is 3.33. The van der Waals surface area contributed by atoms with Gasteiger partial charge in [0.15, 0.2) is 17.2 Å². The van der Waals surface area contributed by atoms with Gasteiger partial charge in [-0.2, -0.15) is 0 Å². The molecule has 2 heterocycles. The zero-order valence-electron chi connectivity index (χ0n) is 12.9. The van der Waals surface area contributed by atoms with Gasteiger partial charge in [-0.05, 0) is 24.3 Å². The Labute approximate surface area is 129 Å². The first-order valence-electron chi connectivity index (χ1n) is 7.14. The molecule has 1 aromatic carbocycles. The molecule has 0 saturated carbocycles. The van der Waals surface area contributed by atoms with Crippen molar-refractivity contribution in [3.05, 3.63) is 54.4 Å². The number of azo groups is 1. The number of aromatic hydroxyl groups is 1. The molecule has 0 unspecified atom stereocenters. The maximum Gasteiger partial charge on any atom is 0.183 e. The highest BCUT2D eigenvalue weighted by atomic mass is 16.3. The Morgan fingerprint density at radius 2 is 1.73 bits per heavy atom. The van der Waals surface area contributed by atoms with Gasteiger partial charge >= 0.3 is 0 Å². The Balaban J connectivity index is 2.18. The van der Waals surface area contributed by atoms with Crippen molar-refractivity contribution in [1.82, 2.24) is 9.38 Å². The van der Waals surface area contributed by atoms with Crippen LogP contribution >= 0.6 is 0 Å². The van der Waals surface area contributed by atoms with Crippen LogP contribution in [0.4, 0.5) is 11.5 Å². The summed E-state index contributed by atoms with van der Waals surface area (Å²) in [5.74, 6) is 0.774. The molecule has 5 heteroatoms. The molecule has 0 bridgehead atoms. The average Bonchev–Trinajstić information content (AvgIpc) is 2.86. The van der Waals surface area contributed by atoms with E-state index in [1.54, 1.807) is 16.5 Å². The molecule has 0 saturated heterocycles. The normalized spacial score (nSPS) is 12.3. The van der Waals surface area contributed by atoms with E-state index in [4.69, 9.17) is 0 Å². The van der Waals surface area contributed by atoms with Crippen LogP contribution in [0.1, 0.15) is 26.5 Å². The molecule has 0 fully saturated rings. The lowest BCUT2D eigenvalue weighted by molar-refractivity contribution is 0.477. The van der Waals surface area contributed by atoms with E-state index >= 15 is 0 Å². The van der Waals surface area contributed by atoms with Gasteiger partial charge in [0.1, 0.15) is 0 Å². The minimum Gasteiger partial charge on any atom is -0.504 e. The molecule has 112 valence electrons. The third-order valence-electron chi connectivity index (χ3n) is 3.33. The Morgan fingerprint density at radius 1 is 1.00 bits per heavy atom. The number of hydrogen-bond acceptors (Lipinski definition) is 4. The molecular weight excluding hydrogens is 276 g/mol. The second kappa shape index (κ2) is 5.26. The number of pyridine rings is 1. The molecule has 5 nitrogen and oxygen atoms in total. The van der Waals surface area contributed by atoms with E-state index in [-0.39, 0.29) is 11.2 Å². The molecule has 0 spiro atoms. The average molecular weight is 294 g/mol. The quantitative estimate of drug-likeness (QED) is 0.693. The van der Waals surface area contributed by atoms with Crippen LogP contribution in [-0.4, -0.2) is 14.5 Å². The molecule has 0 aliphatic rings. The number of hydrogen-bond donors (Lipinski definition) is 1. The summed E-state index contributed by atoms with van der Waals surface area (Å²) in [5.41, 5.74) is 1.87. The number of imidazole rings is 1. The topological polar surface area (TPSA) is 62.2 Å². The zero-order valence-corrected chi connectivity index (χ0v) is 12.9. The van der Waals surface area contributed by atoms with Crippen molar-refractivity contribution in [2.24, 2.45) is 10.2 Å². The van der Waals surface area contributed by atoms with Gasteiger partial charge in [0.2, 0.25) is 0 Å². The monoisotopic (exact) mass is 294 g/mol. The molecule has 2 aromatic heterocycles. The van der Waals surface area contributed by atoms with Crippen LogP contribution in [0.2, 0.25) is 0 Å². The summed E-state index contributed by atoms with van der Waals surface area (Å²) in [6.45, 7) is 6.19. The highest BCUT2D eigenvalue weighted by molar-refractivity contribution is 5.61. The summed E-state index contributed by atoms with van der Waals surface area (Å²) in [7, 11) is 0. The second-order valence-corrected chi connectivity index (χ2v) is 6.16. The van der Waals surface area contributed by atoms with Crippen molar-refractivity contribution in [2.45, 2.75) is 26.2 Å². The molecule has 3 aromatic rings. The molecule has 3 rings (SSSR count). The van der Waals surface area contributed by atoms with Gasteiger partial charge in [0, 0.05) is 11.6 Å². The van der Waals surface area contributed by atoms with Gasteiger partial charge in [0.05, 0.1) is 11.4 Å². The van der Waals surface area contributed by atoms with Gasteiger partial charge in [0.25, 0.3) is 0 Å². The second-order valence-electron chi connectivity index (χ2n) is 6.16. The summed E-state index contributed by atoms with van der Waals surface area (Å²) < 4.78 is 1.77. The fourth-order valence-electron chi connectivity index (χ4n) is 2.24. The smallest absolute Gasteiger partial charge is 0.183 e. The largest absolute Gasteiger partial charge is 0.504 e. The van der Waals surface area contributed by atoms with Crippen LogP contribution in [0, 0.1) is 0 Å². The number of rotatable bonds is 2. The first-order chi connectivity index (χ1) is 10.5. The van der Waals surface area contributed by atoms with Crippen LogP contribution in [0.15, 0.2) is 58.9 Å². The number of benzene rings is 1. The zero-order chi connectivity index (χ0) is 15.7. The van der Waals surface area contributed by atoms with Gasteiger partial charge in [-0.1, -0.05) is 39.0 Å². The lowest BCUT2D eigenvalue weighted by Gasteiger charge is -2.15. The highest BCUT2D eigenvalue weighted by Crippen LogP contribution is 2.35. The Morgan fingerprint density at radius 3 is 2.41 bits per heavy atom.